The third-order valence-corrected chi connectivity index (χ3v) is 6.55. The third kappa shape index (κ3) is 1.95. The van der Waals surface area contributed by atoms with Crippen molar-refractivity contribution < 1.29 is 36.6 Å². The van der Waals surface area contributed by atoms with Crippen molar-refractivity contribution in [2.24, 2.45) is 5.92 Å². The molecule has 0 aromatic heterocycles. The summed E-state index contributed by atoms with van der Waals surface area (Å²) in [5.41, 5.74) is 0.344. The summed E-state index contributed by atoms with van der Waals surface area (Å²) in [4.78, 5) is 14.8. The molecule has 1 saturated carbocycles. The van der Waals surface area contributed by atoms with E-state index >= 15 is 0 Å². The van der Waals surface area contributed by atoms with Gasteiger partial charge in [-0.05, 0) is 17.7 Å². The van der Waals surface area contributed by atoms with Gasteiger partial charge in [-0.3, -0.25) is 4.79 Å². The average Bonchev–Trinajstić information content (AvgIpc) is 3.38. The molecule has 3 aliphatic heterocycles. The van der Waals surface area contributed by atoms with Crippen LogP contribution in [0.1, 0.15) is 17.5 Å². The Morgan fingerprint density at radius 2 is 1.70 bits per heavy atom. The molecule has 2 unspecified atom stereocenters. The first kappa shape index (κ1) is 17.9. The quantitative estimate of drug-likeness (QED) is 0.694. The molecule has 1 fully saturated rings. The first-order valence-electron chi connectivity index (χ1n) is 9.50. The largest absolute Gasteiger partial charge is 0.491 e. The molecule has 0 saturated heterocycles. The Kier molecular flexibility index (Phi) is 3.20. The molecule has 0 radical (unpaired) electrons. The van der Waals surface area contributed by atoms with E-state index in [9.17, 15) is 22.4 Å². The average molecular weight is 421 g/mol. The van der Waals surface area contributed by atoms with Gasteiger partial charge in [-0.2, -0.15) is 17.6 Å². The molecule has 9 heteroatoms. The van der Waals surface area contributed by atoms with E-state index in [-0.39, 0.29) is 13.4 Å². The maximum absolute atomic E-state index is 14.0. The van der Waals surface area contributed by atoms with Crippen LogP contribution < -0.4 is 19.1 Å². The second-order valence-electron chi connectivity index (χ2n) is 8.06. The molecule has 2 atom stereocenters. The number of hydrogen-bond donors (Lipinski definition) is 0. The highest BCUT2D eigenvalue weighted by atomic mass is 19.3. The van der Waals surface area contributed by atoms with Crippen LogP contribution in [0.3, 0.4) is 0 Å². The number of ether oxygens (including phenoxy) is 3. The van der Waals surface area contributed by atoms with Crippen LogP contribution in [0.4, 0.5) is 23.2 Å². The number of fused-ring (bicyclic) bond motifs is 5. The molecule has 3 heterocycles. The Morgan fingerprint density at radius 3 is 2.43 bits per heavy atom. The number of nitrogens with zero attached hydrogens (tertiary/aromatic N) is 1. The van der Waals surface area contributed by atoms with Gasteiger partial charge in [0.15, 0.2) is 11.5 Å². The first-order valence-corrected chi connectivity index (χ1v) is 9.50. The van der Waals surface area contributed by atoms with Gasteiger partial charge in [0, 0.05) is 30.3 Å². The van der Waals surface area contributed by atoms with Gasteiger partial charge >= 0.3 is 11.8 Å². The van der Waals surface area contributed by atoms with E-state index in [1.165, 1.54) is 4.90 Å². The molecule has 6 rings (SSSR count). The Balaban J connectivity index is 1.44. The molecule has 1 aliphatic carbocycles. The fraction of sp³-hybridized carbons (Fsp3) is 0.381. The Hall–Kier alpha value is -2.97. The van der Waals surface area contributed by atoms with Gasteiger partial charge in [-0.1, -0.05) is 18.2 Å². The minimum absolute atomic E-state index is 0.0191. The number of hydrogen-bond acceptors (Lipinski definition) is 4. The topological polar surface area (TPSA) is 48.0 Å². The van der Waals surface area contributed by atoms with Crippen LogP contribution in [0.2, 0.25) is 0 Å². The molecule has 2 aromatic carbocycles. The standard InChI is InChI=1S/C21H15F4NO4/c22-20(23)7-11(21(20,24)25)8-26-14-4-2-1-3-12(14)19(18(26)27)9-28-15-6-17-16(5-13(15)19)29-10-30-17/h1-6,11H,7-10H2. The van der Waals surface area contributed by atoms with Crippen LogP contribution >= 0.6 is 0 Å². The highest BCUT2D eigenvalue weighted by Gasteiger charge is 2.72. The summed E-state index contributed by atoms with van der Waals surface area (Å²) >= 11 is 0. The van der Waals surface area contributed by atoms with Crippen molar-refractivity contribution in [2.45, 2.75) is 23.7 Å². The van der Waals surface area contributed by atoms with Crippen LogP contribution in [0.5, 0.6) is 17.2 Å². The van der Waals surface area contributed by atoms with Crippen molar-refractivity contribution in [3.63, 3.8) is 0 Å². The van der Waals surface area contributed by atoms with Crippen molar-refractivity contribution in [3.05, 3.63) is 47.5 Å². The Labute approximate surface area is 168 Å². The zero-order chi connectivity index (χ0) is 20.9. The van der Waals surface area contributed by atoms with E-state index in [4.69, 9.17) is 14.2 Å². The minimum atomic E-state index is -4.14. The smallest absolute Gasteiger partial charge is 0.314 e. The predicted molar refractivity (Wildman–Crippen MR) is 95.6 cm³/mol. The van der Waals surface area contributed by atoms with E-state index in [0.29, 0.717) is 34.1 Å². The van der Waals surface area contributed by atoms with Crippen LogP contribution in [0, 0.1) is 5.92 Å². The van der Waals surface area contributed by atoms with Crippen LogP contribution in [0.25, 0.3) is 0 Å². The van der Waals surface area contributed by atoms with Gasteiger partial charge < -0.3 is 19.1 Å². The SMILES string of the molecule is O=C1N(CC2CC(F)(F)C2(F)F)c2ccccc2C12COc1cc3c(cc12)OCO3. The van der Waals surface area contributed by atoms with E-state index in [2.05, 4.69) is 0 Å². The van der Waals surface area contributed by atoms with Crippen LogP contribution in [-0.2, 0) is 10.2 Å². The summed E-state index contributed by atoms with van der Waals surface area (Å²) in [6.45, 7) is -0.457. The van der Waals surface area contributed by atoms with Gasteiger partial charge in [-0.25, -0.2) is 0 Å². The molecular formula is C21H15F4NO4. The van der Waals surface area contributed by atoms with E-state index in [1.807, 2.05) is 0 Å². The highest BCUT2D eigenvalue weighted by molar-refractivity contribution is 6.11. The Morgan fingerprint density at radius 1 is 0.967 bits per heavy atom. The number of carbonyl (C=O) groups is 1. The number of amides is 1. The van der Waals surface area contributed by atoms with Gasteiger partial charge in [0.1, 0.15) is 17.8 Å². The number of rotatable bonds is 2. The maximum Gasteiger partial charge on any atom is 0.314 e. The second kappa shape index (κ2) is 5.39. The molecular weight excluding hydrogens is 406 g/mol. The number of halogens is 4. The van der Waals surface area contributed by atoms with E-state index < -0.39 is 42.1 Å². The highest BCUT2D eigenvalue weighted by Crippen LogP contribution is 2.58. The lowest BCUT2D eigenvalue weighted by atomic mass is 9.76. The summed E-state index contributed by atoms with van der Waals surface area (Å²) in [5, 5.41) is 0. The zero-order valence-electron chi connectivity index (χ0n) is 15.5. The third-order valence-electron chi connectivity index (χ3n) is 6.55. The molecule has 4 aliphatic rings. The Bertz CT molecular complexity index is 1100. The monoisotopic (exact) mass is 421 g/mol. The van der Waals surface area contributed by atoms with Gasteiger partial charge in [0.2, 0.25) is 12.7 Å². The number of para-hydroxylation sites is 1. The molecule has 156 valence electrons. The zero-order valence-corrected chi connectivity index (χ0v) is 15.5. The van der Waals surface area contributed by atoms with Gasteiger partial charge in [0.05, 0.1) is 5.92 Å². The summed E-state index contributed by atoms with van der Waals surface area (Å²) in [5.74, 6) is -8.85. The molecule has 5 nitrogen and oxygen atoms in total. The molecule has 30 heavy (non-hydrogen) atoms. The van der Waals surface area contributed by atoms with E-state index in [1.54, 1.807) is 36.4 Å². The summed E-state index contributed by atoms with van der Waals surface area (Å²) in [7, 11) is 0. The maximum atomic E-state index is 14.0. The lowest BCUT2D eigenvalue weighted by Crippen LogP contribution is -2.62. The molecule has 0 N–H and O–H groups in total. The number of carbonyl (C=O) groups excluding carboxylic acids is 1. The lowest BCUT2D eigenvalue weighted by Gasteiger charge is -2.45. The van der Waals surface area contributed by atoms with Gasteiger partial charge in [-0.15, -0.1) is 0 Å². The molecule has 1 amide bonds. The predicted octanol–water partition coefficient (Wildman–Crippen LogP) is 3.73. The first-order chi connectivity index (χ1) is 14.3. The van der Waals surface area contributed by atoms with Crippen molar-refractivity contribution in [2.75, 3.05) is 24.8 Å². The summed E-state index contributed by atoms with van der Waals surface area (Å²) in [6, 6.07) is 10.1. The van der Waals surface area contributed by atoms with E-state index in [0.717, 1.165) is 0 Å². The fourth-order valence-electron chi connectivity index (χ4n) is 4.89. The van der Waals surface area contributed by atoms with Crippen LogP contribution in [0.15, 0.2) is 36.4 Å². The normalized spacial score (nSPS) is 28.9. The molecule has 2 aromatic rings. The van der Waals surface area contributed by atoms with Crippen molar-refractivity contribution in [1.29, 1.82) is 0 Å². The second-order valence-corrected chi connectivity index (χ2v) is 8.06. The van der Waals surface area contributed by atoms with Crippen LogP contribution in [-0.4, -0.2) is 37.7 Å². The number of benzene rings is 2. The van der Waals surface area contributed by atoms with Crippen molar-refractivity contribution in [1.82, 2.24) is 0 Å². The van der Waals surface area contributed by atoms with Gasteiger partial charge in [0.25, 0.3) is 0 Å². The van der Waals surface area contributed by atoms with Crippen molar-refractivity contribution in [3.8, 4) is 17.2 Å². The lowest BCUT2D eigenvalue weighted by molar-refractivity contribution is -0.310. The molecule has 1 spiro atoms. The summed E-state index contributed by atoms with van der Waals surface area (Å²) in [6.07, 6.45) is -0.954. The van der Waals surface area contributed by atoms with Crippen molar-refractivity contribution >= 4 is 11.6 Å². The molecule has 0 bridgehead atoms. The minimum Gasteiger partial charge on any atom is -0.491 e. The summed E-state index contributed by atoms with van der Waals surface area (Å²) < 4.78 is 71.2. The fourth-order valence-corrected chi connectivity index (χ4v) is 4.89. The number of anilines is 1. The number of alkyl halides is 4.